The first kappa shape index (κ1) is 10.8. The SMILES string of the molecule is Cc1cc(O)ccc1-c1c(C)nc2cnccn12. The van der Waals surface area contributed by atoms with Crippen molar-refractivity contribution in [1.82, 2.24) is 14.4 Å². The fourth-order valence-electron chi connectivity index (χ4n) is 2.26. The number of aryl methyl sites for hydroxylation is 2. The molecule has 0 unspecified atom stereocenters. The number of hydrogen-bond acceptors (Lipinski definition) is 3. The zero-order valence-electron chi connectivity index (χ0n) is 10.3. The van der Waals surface area contributed by atoms with E-state index < -0.39 is 0 Å². The van der Waals surface area contributed by atoms with Crippen LogP contribution in [0.1, 0.15) is 11.3 Å². The molecule has 4 nitrogen and oxygen atoms in total. The Labute approximate surface area is 105 Å². The minimum Gasteiger partial charge on any atom is -0.508 e. The van der Waals surface area contributed by atoms with Crippen molar-refractivity contribution >= 4 is 5.65 Å². The number of aromatic hydroxyl groups is 1. The Morgan fingerprint density at radius 3 is 2.83 bits per heavy atom. The molecule has 90 valence electrons. The molecule has 2 aromatic heterocycles. The topological polar surface area (TPSA) is 50.4 Å². The normalized spacial score (nSPS) is 11.0. The first-order valence-corrected chi connectivity index (χ1v) is 5.75. The third-order valence-corrected chi connectivity index (χ3v) is 3.07. The lowest BCUT2D eigenvalue weighted by atomic mass is 10.0. The second-order valence-electron chi connectivity index (χ2n) is 4.35. The zero-order valence-corrected chi connectivity index (χ0v) is 10.3. The molecule has 0 spiro atoms. The zero-order chi connectivity index (χ0) is 12.7. The summed E-state index contributed by atoms with van der Waals surface area (Å²) in [7, 11) is 0. The molecule has 4 heteroatoms. The van der Waals surface area contributed by atoms with Crippen LogP contribution in [-0.2, 0) is 0 Å². The van der Waals surface area contributed by atoms with Crippen LogP contribution in [0.3, 0.4) is 0 Å². The van der Waals surface area contributed by atoms with Crippen LogP contribution in [-0.4, -0.2) is 19.5 Å². The van der Waals surface area contributed by atoms with Crippen molar-refractivity contribution in [3.8, 4) is 17.0 Å². The highest BCUT2D eigenvalue weighted by molar-refractivity contribution is 5.70. The van der Waals surface area contributed by atoms with Gasteiger partial charge in [-0.2, -0.15) is 0 Å². The summed E-state index contributed by atoms with van der Waals surface area (Å²) in [4.78, 5) is 8.57. The first-order valence-electron chi connectivity index (χ1n) is 5.75. The van der Waals surface area contributed by atoms with Crippen LogP contribution < -0.4 is 0 Å². The molecular formula is C14H13N3O. The Morgan fingerprint density at radius 2 is 2.06 bits per heavy atom. The Hall–Kier alpha value is -2.36. The standard InChI is InChI=1S/C14H13N3O/c1-9-7-11(18)3-4-12(9)14-10(2)16-13-8-15-5-6-17(13)14/h3-8,18H,1-2H3. The molecule has 0 saturated carbocycles. The van der Waals surface area contributed by atoms with Gasteiger partial charge in [0.25, 0.3) is 0 Å². The highest BCUT2D eigenvalue weighted by Crippen LogP contribution is 2.29. The van der Waals surface area contributed by atoms with Gasteiger partial charge in [0.2, 0.25) is 0 Å². The van der Waals surface area contributed by atoms with Crippen LogP contribution in [0.2, 0.25) is 0 Å². The molecule has 2 heterocycles. The molecule has 0 saturated heterocycles. The number of phenolic OH excluding ortho intramolecular Hbond substituents is 1. The van der Waals surface area contributed by atoms with Gasteiger partial charge < -0.3 is 5.11 Å². The quantitative estimate of drug-likeness (QED) is 0.710. The largest absolute Gasteiger partial charge is 0.508 e. The van der Waals surface area contributed by atoms with Crippen LogP contribution in [0, 0.1) is 13.8 Å². The molecular weight excluding hydrogens is 226 g/mol. The van der Waals surface area contributed by atoms with E-state index in [-0.39, 0.29) is 5.75 Å². The number of hydrogen-bond donors (Lipinski definition) is 1. The van der Waals surface area contributed by atoms with E-state index in [4.69, 9.17) is 0 Å². The summed E-state index contributed by atoms with van der Waals surface area (Å²) in [6.45, 7) is 3.96. The molecule has 0 aliphatic rings. The maximum atomic E-state index is 9.49. The predicted molar refractivity (Wildman–Crippen MR) is 69.6 cm³/mol. The van der Waals surface area contributed by atoms with Gasteiger partial charge in [0.05, 0.1) is 17.6 Å². The minimum absolute atomic E-state index is 0.282. The van der Waals surface area contributed by atoms with E-state index in [1.165, 1.54) is 0 Å². The molecule has 1 N–H and O–H groups in total. The van der Waals surface area contributed by atoms with E-state index in [1.54, 1.807) is 24.5 Å². The number of benzene rings is 1. The van der Waals surface area contributed by atoms with Crippen LogP contribution in [0.4, 0.5) is 0 Å². The smallest absolute Gasteiger partial charge is 0.156 e. The van der Waals surface area contributed by atoms with E-state index in [2.05, 4.69) is 9.97 Å². The second-order valence-corrected chi connectivity index (χ2v) is 4.35. The van der Waals surface area contributed by atoms with Crippen molar-refractivity contribution in [2.24, 2.45) is 0 Å². The lowest BCUT2D eigenvalue weighted by Crippen LogP contribution is -1.91. The summed E-state index contributed by atoms with van der Waals surface area (Å²) in [6, 6.07) is 5.37. The van der Waals surface area contributed by atoms with E-state index in [9.17, 15) is 5.11 Å². The van der Waals surface area contributed by atoms with E-state index in [1.807, 2.05) is 30.5 Å². The molecule has 0 atom stereocenters. The number of fused-ring (bicyclic) bond motifs is 1. The van der Waals surface area contributed by atoms with Crippen molar-refractivity contribution in [3.05, 3.63) is 48.0 Å². The van der Waals surface area contributed by atoms with Crippen LogP contribution in [0.15, 0.2) is 36.8 Å². The fraction of sp³-hybridized carbons (Fsp3) is 0.143. The van der Waals surface area contributed by atoms with Crippen molar-refractivity contribution in [2.45, 2.75) is 13.8 Å². The number of rotatable bonds is 1. The van der Waals surface area contributed by atoms with Gasteiger partial charge in [-0.05, 0) is 37.6 Å². The van der Waals surface area contributed by atoms with Gasteiger partial charge in [0, 0.05) is 18.0 Å². The fourth-order valence-corrected chi connectivity index (χ4v) is 2.26. The van der Waals surface area contributed by atoms with Crippen molar-refractivity contribution in [1.29, 1.82) is 0 Å². The summed E-state index contributed by atoms with van der Waals surface area (Å²) in [5.41, 5.74) is 4.93. The van der Waals surface area contributed by atoms with Crippen molar-refractivity contribution in [3.63, 3.8) is 0 Å². The predicted octanol–water partition coefficient (Wildman–Crippen LogP) is 2.72. The van der Waals surface area contributed by atoms with Crippen molar-refractivity contribution in [2.75, 3.05) is 0 Å². The number of imidazole rings is 1. The molecule has 0 amide bonds. The van der Waals surface area contributed by atoms with Gasteiger partial charge >= 0.3 is 0 Å². The van der Waals surface area contributed by atoms with Gasteiger partial charge in [-0.1, -0.05) is 0 Å². The molecule has 0 fully saturated rings. The molecule has 1 aromatic carbocycles. The third-order valence-electron chi connectivity index (χ3n) is 3.07. The molecule has 0 radical (unpaired) electrons. The lowest BCUT2D eigenvalue weighted by Gasteiger charge is -2.07. The maximum absolute atomic E-state index is 9.49. The summed E-state index contributed by atoms with van der Waals surface area (Å²) in [6.07, 6.45) is 5.39. The average molecular weight is 239 g/mol. The molecule has 18 heavy (non-hydrogen) atoms. The number of nitrogens with zero attached hydrogens (tertiary/aromatic N) is 3. The first-order chi connectivity index (χ1) is 8.66. The van der Waals surface area contributed by atoms with Gasteiger partial charge in [0.1, 0.15) is 5.75 Å². The summed E-state index contributed by atoms with van der Waals surface area (Å²) in [5, 5.41) is 9.49. The molecule has 0 aliphatic carbocycles. The van der Waals surface area contributed by atoms with Crippen LogP contribution in [0.25, 0.3) is 16.9 Å². The Bertz CT molecular complexity index is 731. The van der Waals surface area contributed by atoms with E-state index in [0.29, 0.717) is 0 Å². The molecule has 3 aromatic rings. The Morgan fingerprint density at radius 1 is 1.22 bits per heavy atom. The van der Waals surface area contributed by atoms with Crippen molar-refractivity contribution < 1.29 is 5.11 Å². The summed E-state index contributed by atoms with van der Waals surface area (Å²) in [5.74, 6) is 0.282. The van der Waals surface area contributed by atoms with E-state index >= 15 is 0 Å². The van der Waals surface area contributed by atoms with Gasteiger partial charge in [-0.3, -0.25) is 9.38 Å². The average Bonchev–Trinajstić information content (AvgIpc) is 2.66. The minimum atomic E-state index is 0.282. The van der Waals surface area contributed by atoms with Crippen LogP contribution in [0.5, 0.6) is 5.75 Å². The third kappa shape index (κ3) is 1.54. The molecule has 3 rings (SSSR count). The highest BCUT2D eigenvalue weighted by atomic mass is 16.3. The molecule has 0 aliphatic heterocycles. The Kier molecular flexibility index (Phi) is 2.30. The lowest BCUT2D eigenvalue weighted by molar-refractivity contribution is 0.475. The number of phenols is 1. The van der Waals surface area contributed by atoms with E-state index in [0.717, 1.165) is 28.2 Å². The monoisotopic (exact) mass is 239 g/mol. The van der Waals surface area contributed by atoms with Crippen LogP contribution >= 0.6 is 0 Å². The maximum Gasteiger partial charge on any atom is 0.156 e. The number of aromatic nitrogens is 3. The summed E-state index contributed by atoms with van der Waals surface area (Å²) >= 11 is 0. The summed E-state index contributed by atoms with van der Waals surface area (Å²) < 4.78 is 2.02. The highest BCUT2D eigenvalue weighted by Gasteiger charge is 2.12. The molecule has 0 bridgehead atoms. The van der Waals surface area contributed by atoms with Gasteiger partial charge in [-0.25, -0.2) is 4.98 Å². The van der Waals surface area contributed by atoms with Gasteiger partial charge in [-0.15, -0.1) is 0 Å². The second kappa shape index (κ2) is 3.84. The van der Waals surface area contributed by atoms with Gasteiger partial charge in [0.15, 0.2) is 5.65 Å². The Balaban J connectivity index is 2.34.